The van der Waals surface area contributed by atoms with Gasteiger partial charge in [-0.25, -0.2) is 9.97 Å². The predicted octanol–water partition coefficient (Wildman–Crippen LogP) is 6.56. The first-order valence-corrected chi connectivity index (χ1v) is 10.3. The number of hydrogen-bond donors (Lipinski definition) is 0. The monoisotopic (exact) mass is 465 g/mol. The van der Waals surface area contributed by atoms with Crippen molar-refractivity contribution in [2.24, 2.45) is 0 Å². The number of fused-ring (bicyclic) bond motifs is 2. The largest absolute Gasteiger partial charge is 0.573 e. The summed E-state index contributed by atoms with van der Waals surface area (Å²) in [5.41, 5.74) is 3.69. The van der Waals surface area contributed by atoms with Crippen molar-refractivity contribution in [3.63, 3.8) is 0 Å². The molecule has 0 atom stereocenters. The van der Waals surface area contributed by atoms with Gasteiger partial charge in [0, 0.05) is 29.4 Å². The first kappa shape index (κ1) is 21.6. The van der Waals surface area contributed by atoms with Crippen LogP contribution in [-0.2, 0) is 0 Å². The maximum Gasteiger partial charge on any atom is 0.573 e. The Morgan fingerprint density at radius 2 is 1.62 bits per heavy atom. The van der Waals surface area contributed by atoms with Crippen LogP contribution in [0.15, 0.2) is 73.1 Å². The van der Waals surface area contributed by atoms with Crippen LogP contribution < -0.4 is 14.2 Å². The summed E-state index contributed by atoms with van der Waals surface area (Å²) in [6.45, 7) is 1.94. The molecule has 0 aliphatic heterocycles. The Balaban J connectivity index is 1.45. The van der Waals surface area contributed by atoms with E-state index in [9.17, 15) is 13.2 Å². The molecule has 3 aromatic heterocycles. The van der Waals surface area contributed by atoms with Crippen molar-refractivity contribution >= 4 is 16.6 Å². The van der Waals surface area contributed by atoms with Crippen LogP contribution in [-0.4, -0.2) is 27.8 Å². The summed E-state index contributed by atoms with van der Waals surface area (Å²) in [5.74, 6) is 1.28. The van der Waals surface area contributed by atoms with E-state index in [2.05, 4.69) is 4.74 Å². The molecule has 172 valence electrons. The Kier molecular flexibility index (Phi) is 5.24. The maximum atomic E-state index is 12.3. The van der Waals surface area contributed by atoms with Crippen molar-refractivity contribution in [2.45, 2.75) is 13.3 Å². The quantitative estimate of drug-likeness (QED) is 0.294. The van der Waals surface area contributed by atoms with Gasteiger partial charge in [0.1, 0.15) is 34.3 Å². The van der Waals surface area contributed by atoms with E-state index in [1.54, 1.807) is 25.4 Å². The van der Waals surface area contributed by atoms with Crippen LogP contribution in [0.4, 0.5) is 13.2 Å². The van der Waals surface area contributed by atoms with Crippen molar-refractivity contribution in [1.82, 2.24) is 14.4 Å². The first-order valence-electron chi connectivity index (χ1n) is 10.3. The lowest BCUT2D eigenvalue weighted by molar-refractivity contribution is -0.274. The van der Waals surface area contributed by atoms with Crippen LogP contribution in [0.1, 0.15) is 5.56 Å². The molecule has 6 nitrogen and oxygen atoms in total. The number of methoxy groups -OCH3 is 1. The van der Waals surface area contributed by atoms with E-state index >= 15 is 0 Å². The molecular formula is C25H18F3N3O3. The third-order valence-corrected chi connectivity index (χ3v) is 5.25. The lowest BCUT2D eigenvalue weighted by atomic mass is 10.1. The Morgan fingerprint density at radius 1 is 0.882 bits per heavy atom. The topological polar surface area (TPSA) is 57.9 Å². The molecule has 0 amide bonds. The Bertz CT molecular complexity index is 1500. The van der Waals surface area contributed by atoms with Crippen LogP contribution in [0.3, 0.4) is 0 Å². The highest BCUT2D eigenvalue weighted by molar-refractivity contribution is 5.89. The van der Waals surface area contributed by atoms with Gasteiger partial charge >= 0.3 is 6.36 Å². The third kappa shape index (κ3) is 4.19. The number of hydrogen-bond acceptors (Lipinski definition) is 5. The third-order valence-electron chi connectivity index (χ3n) is 5.25. The van der Waals surface area contributed by atoms with Crippen LogP contribution in [0, 0.1) is 6.92 Å². The van der Waals surface area contributed by atoms with Crippen LogP contribution in [0.5, 0.6) is 23.0 Å². The molecule has 0 unspecified atom stereocenters. The van der Waals surface area contributed by atoms with Crippen molar-refractivity contribution in [3.8, 4) is 34.4 Å². The number of rotatable bonds is 5. The summed E-state index contributed by atoms with van der Waals surface area (Å²) >= 11 is 0. The van der Waals surface area contributed by atoms with E-state index in [0.29, 0.717) is 28.5 Å². The second-order valence-corrected chi connectivity index (χ2v) is 7.51. The standard InChI is InChI=1S/C25H18F3N3O3/c1-15-23(30-20-6-4-3-5-19(20)24(15)32-2)21-14-31-12-11-18(13-22(31)29-21)33-16-7-9-17(10-8-16)34-25(26,27)28/h3-14H,1-2H3. The molecule has 0 saturated carbocycles. The second kappa shape index (κ2) is 8.26. The first-order chi connectivity index (χ1) is 16.3. The van der Waals surface area contributed by atoms with Gasteiger partial charge in [-0.05, 0) is 49.4 Å². The van der Waals surface area contributed by atoms with Gasteiger partial charge in [-0.1, -0.05) is 12.1 Å². The number of pyridine rings is 2. The van der Waals surface area contributed by atoms with Crippen molar-refractivity contribution < 1.29 is 27.4 Å². The minimum atomic E-state index is -4.74. The zero-order valence-corrected chi connectivity index (χ0v) is 18.1. The number of nitrogens with zero attached hydrogens (tertiary/aromatic N) is 3. The van der Waals surface area contributed by atoms with Crippen molar-refractivity contribution in [2.75, 3.05) is 7.11 Å². The van der Waals surface area contributed by atoms with Gasteiger partial charge < -0.3 is 18.6 Å². The average Bonchev–Trinajstić information content (AvgIpc) is 3.22. The van der Waals surface area contributed by atoms with Gasteiger partial charge in [0.25, 0.3) is 0 Å². The summed E-state index contributed by atoms with van der Waals surface area (Å²) in [6.07, 6.45) is -1.09. The molecule has 0 spiro atoms. The fraction of sp³-hybridized carbons (Fsp3) is 0.120. The maximum absolute atomic E-state index is 12.3. The molecule has 0 radical (unpaired) electrons. The molecule has 0 aliphatic carbocycles. The summed E-state index contributed by atoms with van der Waals surface area (Å²) in [7, 11) is 1.63. The lowest BCUT2D eigenvalue weighted by Gasteiger charge is -2.11. The number of alkyl halides is 3. The van der Waals surface area contributed by atoms with E-state index in [1.807, 2.05) is 41.8 Å². The fourth-order valence-corrected chi connectivity index (χ4v) is 3.78. The Morgan fingerprint density at radius 3 is 2.35 bits per heavy atom. The molecule has 0 N–H and O–H groups in total. The van der Waals surface area contributed by atoms with Gasteiger partial charge in [-0.2, -0.15) is 0 Å². The summed E-state index contributed by atoms with van der Waals surface area (Å²) in [5, 5.41) is 0.928. The smallest absolute Gasteiger partial charge is 0.496 e. The van der Waals surface area contributed by atoms with Gasteiger partial charge in [-0.3, -0.25) is 0 Å². The lowest BCUT2D eigenvalue weighted by Crippen LogP contribution is -2.16. The van der Waals surface area contributed by atoms with Crippen molar-refractivity contribution in [3.05, 3.63) is 78.6 Å². The minimum Gasteiger partial charge on any atom is -0.496 e. The zero-order chi connectivity index (χ0) is 23.9. The molecule has 0 bridgehead atoms. The van der Waals surface area contributed by atoms with E-state index in [0.717, 1.165) is 22.2 Å². The zero-order valence-electron chi connectivity index (χ0n) is 18.1. The van der Waals surface area contributed by atoms with Crippen LogP contribution in [0.2, 0.25) is 0 Å². The van der Waals surface area contributed by atoms with Crippen LogP contribution >= 0.6 is 0 Å². The van der Waals surface area contributed by atoms with Gasteiger partial charge in [0.15, 0.2) is 0 Å². The normalized spacial score (nSPS) is 11.7. The highest BCUT2D eigenvalue weighted by Crippen LogP contribution is 2.35. The SMILES string of the molecule is COc1c(C)c(-c2cn3ccc(Oc4ccc(OC(F)(F)F)cc4)cc3n2)nc2ccccc12. The molecule has 34 heavy (non-hydrogen) atoms. The van der Waals surface area contributed by atoms with E-state index in [-0.39, 0.29) is 5.75 Å². The van der Waals surface area contributed by atoms with E-state index in [1.165, 1.54) is 24.3 Å². The predicted molar refractivity (Wildman–Crippen MR) is 120 cm³/mol. The highest BCUT2D eigenvalue weighted by Gasteiger charge is 2.31. The number of ether oxygens (including phenoxy) is 3. The molecule has 2 aromatic carbocycles. The summed E-state index contributed by atoms with van der Waals surface area (Å²) in [6, 6.07) is 16.4. The van der Waals surface area contributed by atoms with Gasteiger partial charge in [0.05, 0.1) is 18.3 Å². The van der Waals surface area contributed by atoms with Crippen molar-refractivity contribution in [1.29, 1.82) is 0 Å². The van der Waals surface area contributed by atoms with E-state index in [4.69, 9.17) is 19.4 Å². The molecular weight excluding hydrogens is 447 g/mol. The minimum absolute atomic E-state index is 0.318. The number of halogens is 3. The number of aromatic nitrogens is 3. The molecule has 0 aliphatic rings. The molecule has 5 rings (SSSR count). The van der Waals surface area contributed by atoms with Gasteiger partial charge in [-0.15, -0.1) is 13.2 Å². The summed E-state index contributed by atoms with van der Waals surface area (Å²) in [4.78, 5) is 9.50. The van der Waals surface area contributed by atoms with Crippen LogP contribution in [0.25, 0.3) is 27.9 Å². The number of benzene rings is 2. The number of para-hydroxylation sites is 1. The Hall–Kier alpha value is -4.27. The number of imidazole rings is 1. The molecule has 3 heterocycles. The fourth-order valence-electron chi connectivity index (χ4n) is 3.78. The second-order valence-electron chi connectivity index (χ2n) is 7.51. The van der Waals surface area contributed by atoms with Gasteiger partial charge in [0.2, 0.25) is 0 Å². The Labute approximate surface area is 192 Å². The molecule has 0 saturated heterocycles. The molecule has 0 fully saturated rings. The van der Waals surface area contributed by atoms with E-state index < -0.39 is 6.36 Å². The highest BCUT2D eigenvalue weighted by atomic mass is 19.4. The average molecular weight is 465 g/mol. The molecule has 5 aromatic rings. The molecule has 9 heteroatoms. The summed E-state index contributed by atoms with van der Waals surface area (Å²) < 4.78 is 54.1.